The largest absolute Gasteiger partial charge is 0.345 e. The minimum absolute atomic E-state index is 0.239. The summed E-state index contributed by atoms with van der Waals surface area (Å²) in [6.45, 7) is 0.549. The van der Waals surface area contributed by atoms with Gasteiger partial charge in [0, 0.05) is 18.4 Å². The van der Waals surface area contributed by atoms with Crippen molar-refractivity contribution >= 4 is 10.0 Å². The Bertz CT molecular complexity index is 634. The molecule has 6 nitrogen and oxygen atoms in total. The Morgan fingerprint density at radius 1 is 1.20 bits per heavy atom. The van der Waals surface area contributed by atoms with Crippen LogP contribution in [0, 0.1) is 0 Å². The lowest BCUT2D eigenvalue weighted by molar-refractivity contribution is 0.382. The molecular weight excluding hydrogens is 278 g/mol. The van der Waals surface area contributed by atoms with E-state index in [4.69, 9.17) is 0 Å². The first-order valence-electron chi connectivity index (χ1n) is 7.15. The monoisotopic (exact) mass is 297 g/mol. The topological polar surface area (TPSA) is 83.1 Å². The van der Waals surface area contributed by atoms with Crippen molar-refractivity contribution in [1.29, 1.82) is 0 Å². The van der Waals surface area contributed by atoms with E-state index in [9.17, 15) is 13.2 Å². The quantitative estimate of drug-likeness (QED) is 0.908. The maximum Gasteiger partial charge on any atom is 0.345 e. The third-order valence-electron chi connectivity index (χ3n) is 4.31. The first kappa shape index (κ1) is 13.8. The summed E-state index contributed by atoms with van der Waals surface area (Å²) in [6, 6.07) is 1.46. The van der Waals surface area contributed by atoms with Crippen molar-refractivity contribution in [3.8, 4) is 0 Å². The van der Waals surface area contributed by atoms with Crippen molar-refractivity contribution in [3.63, 3.8) is 0 Å². The van der Waals surface area contributed by atoms with E-state index in [0.29, 0.717) is 12.2 Å². The summed E-state index contributed by atoms with van der Waals surface area (Å²) in [5, 5.41) is -0.239. The van der Waals surface area contributed by atoms with Crippen molar-refractivity contribution in [2.45, 2.75) is 49.8 Å². The van der Waals surface area contributed by atoms with Crippen molar-refractivity contribution in [2.75, 3.05) is 6.54 Å². The van der Waals surface area contributed by atoms with Gasteiger partial charge in [0.05, 0.1) is 11.3 Å². The smallest absolute Gasteiger partial charge is 0.308 e. The fraction of sp³-hybridized carbons (Fsp3) is 0.692. The molecule has 0 amide bonds. The molecule has 110 valence electrons. The van der Waals surface area contributed by atoms with E-state index < -0.39 is 15.7 Å². The van der Waals surface area contributed by atoms with Crippen LogP contribution in [-0.4, -0.2) is 34.5 Å². The van der Waals surface area contributed by atoms with E-state index in [1.165, 1.54) is 6.20 Å². The average molecular weight is 297 g/mol. The van der Waals surface area contributed by atoms with Crippen LogP contribution in [-0.2, 0) is 10.0 Å². The SMILES string of the molecule is O=c1nccc([C@H]2CCCN2S(=O)(=O)C2CCCC2)[nH]1. The van der Waals surface area contributed by atoms with Gasteiger partial charge in [-0.25, -0.2) is 18.2 Å². The summed E-state index contributed by atoms with van der Waals surface area (Å²) in [5.74, 6) is 0. The van der Waals surface area contributed by atoms with Gasteiger partial charge in [0.1, 0.15) is 0 Å². The second-order valence-electron chi connectivity index (χ2n) is 5.55. The Kier molecular flexibility index (Phi) is 3.64. The minimum atomic E-state index is -3.26. The number of sulfonamides is 1. The first-order chi connectivity index (χ1) is 9.59. The standard InChI is InChI=1S/C13H19N3O3S/c17-13-14-8-7-11(15-13)12-6-3-9-16(12)20(18,19)10-4-1-2-5-10/h7-8,10,12H,1-6,9H2,(H,14,15,17)/t12-/m1/s1. The Morgan fingerprint density at radius 3 is 2.65 bits per heavy atom. The summed E-state index contributed by atoms with van der Waals surface area (Å²) in [7, 11) is -3.26. The van der Waals surface area contributed by atoms with Gasteiger partial charge in [0.15, 0.2) is 0 Å². The summed E-state index contributed by atoms with van der Waals surface area (Å²) < 4.78 is 27.0. The van der Waals surface area contributed by atoms with Crippen LogP contribution < -0.4 is 5.69 Å². The Hall–Kier alpha value is -1.21. The summed E-state index contributed by atoms with van der Waals surface area (Å²) >= 11 is 0. The molecule has 0 unspecified atom stereocenters. The van der Waals surface area contributed by atoms with Crippen LogP contribution in [0.2, 0.25) is 0 Å². The van der Waals surface area contributed by atoms with Crippen molar-refractivity contribution in [1.82, 2.24) is 14.3 Å². The van der Waals surface area contributed by atoms with Crippen LogP contribution in [0.3, 0.4) is 0 Å². The minimum Gasteiger partial charge on any atom is -0.308 e. The molecular formula is C13H19N3O3S. The molecule has 2 heterocycles. The number of rotatable bonds is 3. The Labute approximate surface area is 118 Å². The fourth-order valence-electron chi connectivity index (χ4n) is 3.31. The second kappa shape index (κ2) is 5.29. The van der Waals surface area contributed by atoms with E-state index in [0.717, 1.165) is 38.5 Å². The lowest BCUT2D eigenvalue weighted by atomic mass is 10.1. The molecule has 1 aliphatic heterocycles. The van der Waals surface area contributed by atoms with Crippen LogP contribution in [0.4, 0.5) is 0 Å². The molecule has 0 bridgehead atoms. The van der Waals surface area contributed by atoms with Crippen LogP contribution in [0.25, 0.3) is 0 Å². The van der Waals surface area contributed by atoms with Crippen molar-refractivity contribution in [2.24, 2.45) is 0 Å². The fourth-order valence-corrected chi connectivity index (χ4v) is 5.58. The van der Waals surface area contributed by atoms with Gasteiger partial charge in [-0.15, -0.1) is 0 Å². The number of aromatic nitrogens is 2. The lowest BCUT2D eigenvalue weighted by Crippen LogP contribution is -2.37. The van der Waals surface area contributed by atoms with Crippen LogP contribution >= 0.6 is 0 Å². The molecule has 20 heavy (non-hydrogen) atoms. The highest BCUT2D eigenvalue weighted by Crippen LogP contribution is 2.37. The zero-order valence-corrected chi connectivity index (χ0v) is 12.1. The molecule has 2 aliphatic rings. The Balaban J connectivity index is 1.91. The van der Waals surface area contributed by atoms with Crippen LogP contribution in [0.15, 0.2) is 17.1 Å². The average Bonchev–Trinajstić information content (AvgIpc) is 3.11. The molecule has 3 rings (SSSR count). The highest BCUT2D eigenvalue weighted by molar-refractivity contribution is 7.89. The van der Waals surface area contributed by atoms with Gasteiger partial charge in [-0.2, -0.15) is 4.31 Å². The van der Waals surface area contributed by atoms with E-state index >= 15 is 0 Å². The Morgan fingerprint density at radius 2 is 1.95 bits per heavy atom. The van der Waals surface area contributed by atoms with Crippen molar-refractivity contribution in [3.05, 3.63) is 28.4 Å². The predicted octanol–water partition coefficient (Wildman–Crippen LogP) is 1.18. The summed E-state index contributed by atoms with van der Waals surface area (Å²) in [5.41, 5.74) is 0.233. The number of hydrogen-bond acceptors (Lipinski definition) is 4. The molecule has 0 spiro atoms. The number of nitrogens with one attached hydrogen (secondary N) is 1. The van der Waals surface area contributed by atoms with Gasteiger partial charge in [0.2, 0.25) is 10.0 Å². The van der Waals surface area contributed by atoms with E-state index in [2.05, 4.69) is 9.97 Å². The maximum atomic E-state index is 12.7. The van der Waals surface area contributed by atoms with Crippen LogP contribution in [0.1, 0.15) is 50.3 Å². The van der Waals surface area contributed by atoms with Gasteiger partial charge in [-0.05, 0) is 31.7 Å². The zero-order valence-electron chi connectivity index (χ0n) is 11.3. The summed E-state index contributed by atoms with van der Waals surface area (Å²) in [6.07, 6.45) is 6.54. The molecule has 0 radical (unpaired) electrons. The van der Waals surface area contributed by atoms with Gasteiger partial charge in [-0.3, -0.25) is 0 Å². The molecule has 1 aromatic rings. The second-order valence-corrected chi connectivity index (χ2v) is 7.72. The van der Waals surface area contributed by atoms with Gasteiger partial charge in [-0.1, -0.05) is 12.8 Å². The zero-order chi connectivity index (χ0) is 14.2. The molecule has 7 heteroatoms. The number of nitrogens with zero attached hydrogens (tertiary/aromatic N) is 2. The lowest BCUT2D eigenvalue weighted by Gasteiger charge is -2.26. The molecule has 1 aliphatic carbocycles. The third-order valence-corrected chi connectivity index (χ3v) is 6.71. The molecule has 1 aromatic heterocycles. The van der Waals surface area contributed by atoms with Gasteiger partial charge < -0.3 is 4.98 Å². The molecule has 1 N–H and O–H groups in total. The molecule has 1 saturated carbocycles. The van der Waals surface area contributed by atoms with Crippen molar-refractivity contribution < 1.29 is 8.42 Å². The molecule has 2 fully saturated rings. The third kappa shape index (κ3) is 2.40. The highest BCUT2D eigenvalue weighted by Gasteiger charge is 2.41. The molecule has 1 atom stereocenters. The maximum absolute atomic E-state index is 12.7. The normalized spacial score (nSPS) is 25.3. The highest BCUT2D eigenvalue weighted by atomic mass is 32.2. The van der Waals surface area contributed by atoms with E-state index in [1.807, 2.05) is 0 Å². The predicted molar refractivity (Wildman–Crippen MR) is 74.7 cm³/mol. The first-order valence-corrected chi connectivity index (χ1v) is 8.65. The number of H-pyrrole nitrogens is 1. The van der Waals surface area contributed by atoms with Crippen LogP contribution in [0.5, 0.6) is 0 Å². The molecule has 1 saturated heterocycles. The van der Waals surface area contributed by atoms with E-state index in [-0.39, 0.29) is 11.3 Å². The summed E-state index contributed by atoms with van der Waals surface area (Å²) in [4.78, 5) is 17.6. The number of hydrogen-bond donors (Lipinski definition) is 1. The number of aromatic amines is 1. The van der Waals surface area contributed by atoms with Gasteiger partial charge >= 0.3 is 5.69 Å². The van der Waals surface area contributed by atoms with Gasteiger partial charge in [0.25, 0.3) is 0 Å². The van der Waals surface area contributed by atoms with E-state index in [1.54, 1.807) is 10.4 Å². The molecule has 0 aromatic carbocycles.